The summed E-state index contributed by atoms with van der Waals surface area (Å²) in [6, 6.07) is 5.30. The molecule has 0 spiro atoms. The standard InChI is InChI=1S/C17H20ClN7O.C5H9NO4/c1-4-25-11-7-9(2)5-6-10(11)24(3)12(25)8-21-17(26)13-15(19)23-16(20)14(18)22-13;7-2-1-4(5(9)10)6-3-8/h5-7H,4,8H2,1-3H3,(H4-,19,20,21,23,26);3-4,7H,1-2H2,(H,6,8)(H,9,10)/p+1. The number of carbonyl (C=O) groups excluding carboxylic acids is 2. The van der Waals surface area contributed by atoms with Gasteiger partial charge in [-0.05, 0) is 31.5 Å². The molecule has 0 bridgehead atoms. The summed E-state index contributed by atoms with van der Waals surface area (Å²) in [5, 5.41) is 21.4. The molecule has 3 rings (SSSR count). The van der Waals surface area contributed by atoms with Gasteiger partial charge in [0.15, 0.2) is 33.5 Å². The van der Waals surface area contributed by atoms with Crippen molar-refractivity contribution in [1.29, 1.82) is 0 Å². The lowest BCUT2D eigenvalue weighted by Crippen LogP contribution is -2.38. The van der Waals surface area contributed by atoms with Gasteiger partial charge in [-0.1, -0.05) is 17.7 Å². The summed E-state index contributed by atoms with van der Waals surface area (Å²) >= 11 is 5.85. The van der Waals surface area contributed by atoms with Crippen molar-refractivity contribution in [1.82, 2.24) is 25.2 Å². The normalized spacial score (nSPS) is 11.4. The van der Waals surface area contributed by atoms with Crippen molar-refractivity contribution in [3.05, 3.63) is 40.4 Å². The van der Waals surface area contributed by atoms with Crippen LogP contribution in [-0.2, 0) is 29.7 Å². The number of nitrogens with two attached hydrogens (primary N) is 2. The predicted molar refractivity (Wildman–Crippen MR) is 133 cm³/mol. The molecular formula is C22H30ClN8O5+. The van der Waals surface area contributed by atoms with E-state index >= 15 is 0 Å². The third-order valence-electron chi connectivity index (χ3n) is 5.31. The van der Waals surface area contributed by atoms with Gasteiger partial charge in [-0.3, -0.25) is 9.59 Å². The number of hydrogen-bond acceptors (Lipinski definition) is 8. The number of aliphatic hydroxyl groups is 1. The number of carboxylic acids is 1. The van der Waals surface area contributed by atoms with Crippen LogP contribution < -0.4 is 26.7 Å². The number of carbonyl (C=O) groups is 3. The summed E-state index contributed by atoms with van der Waals surface area (Å²) < 4.78 is 4.22. The Hall–Kier alpha value is -3.97. The number of aliphatic carboxylic acids is 1. The van der Waals surface area contributed by atoms with Crippen LogP contribution in [0.3, 0.4) is 0 Å². The van der Waals surface area contributed by atoms with E-state index in [1.165, 1.54) is 5.56 Å². The van der Waals surface area contributed by atoms with Gasteiger partial charge in [0, 0.05) is 13.0 Å². The van der Waals surface area contributed by atoms with Crippen molar-refractivity contribution in [2.75, 3.05) is 18.1 Å². The first kappa shape index (κ1) is 28.3. The molecule has 2 amide bonds. The van der Waals surface area contributed by atoms with Gasteiger partial charge in [-0.25, -0.2) is 23.9 Å². The summed E-state index contributed by atoms with van der Waals surface area (Å²) in [4.78, 5) is 40.1. The Bertz CT molecular complexity index is 1260. The summed E-state index contributed by atoms with van der Waals surface area (Å²) in [7, 11) is 1.97. The Morgan fingerprint density at radius 2 is 1.97 bits per heavy atom. The molecule has 194 valence electrons. The molecule has 0 aliphatic rings. The highest BCUT2D eigenvalue weighted by Crippen LogP contribution is 2.18. The summed E-state index contributed by atoms with van der Waals surface area (Å²) in [6.45, 7) is 4.95. The first-order chi connectivity index (χ1) is 17.0. The Balaban J connectivity index is 0.000000388. The largest absolute Gasteiger partial charge is 0.480 e. The molecule has 0 aliphatic carbocycles. The smallest absolute Gasteiger partial charge is 0.326 e. The molecule has 0 fully saturated rings. The third-order valence-corrected chi connectivity index (χ3v) is 5.59. The second kappa shape index (κ2) is 12.7. The van der Waals surface area contributed by atoms with Crippen LogP contribution in [0.5, 0.6) is 0 Å². The van der Waals surface area contributed by atoms with Gasteiger partial charge in [0.2, 0.25) is 6.41 Å². The molecule has 0 saturated carbocycles. The minimum Gasteiger partial charge on any atom is -0.480 e. The van der Waals surface area contributed by atoms with Gasteiger partial charge < -0.3 is 32.3 Å². The van der Waals surface area contributed by atoms with Gasteiger partial charge >= 0.3 is 5.97 Å². The molecule has 1 unspecified atom stereocenters. The number of fused-ring (bicyclic) bond motifs is 1. The van der Waals surface area contributed by atoms with Crippen molar-refractivity contribution < 1.29 is 29.2 Å². The number of aliphatic hydroxyl groups excluding tert-OH is 1. The van der Waals surface area contributed by atoms with E-state index in [9.17, 15) is 14.4 Å². The van der Waals surface area contributed by atoms with Gasteiger partial charge in [-0.15, -0.1) is 0 Å². The molecule has 13 nitrogen and oxygen atoms in total. The summed E-state index contributed by atoms with van der Waals surface area (Å²) in [5.74, 6) is -0.703. The van der Waals surface area contributed by atoms with Crippen LogP contribution in [0.15, 0.2) is 18.2 Å². The van der Waals surface area contributed by atoms with Crippen LogP contribution in [0.4, 0.5) is 11.6 Å². The number of hydrogen-bond donors (Lipinski definition) is 6. The zero-order valence-corrected chi connectivity index (χ0v) is 20.9. The fourth-order valence-electron chi connectivity index (χ4n) is 3.50. The minimum atomic E-state index is -1.14. The number of nitrogens with one attached hydrogen (secondary N) is 2. The summed E-state index contributed by atoms with van der Waals surface area (Å²) in [5.41, 5.74) is 14.6. The van der Waals surface area contributed by atoms with E-state index in [1.54, 1.807) is 0 Å². The zero-order chi connectivity index (χ0) is 27.0. The van der Waals surface area contributed by atoms with Gasteiger partial charge in [0.25, 0.3) is 11.7 Å². The number of imidazole rings is 1. The number of anilines is 2. The van der Waals surface area contributed by atoms with E-state index in [2.05, 4.69) is 56.5 Å². The molecule has 1 aromatic carbocycles. The number of rotatable bonds is 9. The van der Waals surface area contributed by atoms with E-state index < -0.39 is 17.9 Å². The lowest BCUT2D eigenvalue weighted by atomic mass is 10.2. The van der Waals surface area contributed by atoms with Crippen LogP contribution in [0, 0.1) is 6.92 Å². The highest BCUT2D eigenvalue weighted by atomic mass is 35.5. The zero-order valence-electron chi connectivity index (χ0n) is 20.2. The van der Waals surface area contributed by atoms with E-state index in [4.69, 9.17) is 33.3 Å². The number of carboxylic acid groups (broad SMARTS) is 1. The minimum absolute atomic E-state index is 0.00593. The Morgan fingerprint density at radius 1 is 1.28 bits per heavy atom. The van der Waals surface area contributed by atoms with E-state index in [-0.39, 0.29) is 35.5 Å². The van der Waals surface area contributed by atoms with Gasteiger partial charge in [0.1, 0.15) is 12.6 Å². The molecule has 0 aliphatic heterocycles. The maximum Gasteiger partial charge on any atom is 0.326 e. The predicted octanol–water partition coefficient (Wildman–Crippen LogP) is -0.100. The van der Waals surface area contributed by atoms with Crippen molar-refractivity contribution in [3.63, 3.8) is 0 Å². The maximum atomic E-state index is 12.5. The number of amides is 2. The monoisotopic (exact) mass is 521 g/mol. The maximum absolute atomic E-state index is 12.5. The number of nitrogen functional groups attached to an aromatic ring is 2. The van der Waals surface area contributed by atoms with Gasteiger partial charge in [0.05, 0.1) is 13.6 Å². The Morgan fingerprint density at radius 3 is 2.56 bits per heavy atom. The highest BCUT2D eigenvalue weighted by molar-refractivity contribution is 6.31. The molecule has 0 saturated heterocycles. The van der Waals surface area contributed by atoms with E-state index in [0.29, 0.717) is 13.0 Å². The molecule has 1 atom stereocenters. The van der Waals surface area contributed by atoms with Crippen molar-refractivity contribution in [3.8, 4) is 0 Å². The topological polar surface area (TPSA) is 202 Å². The Labute approximate surface area is 212 Å². The average molecular weight is 522 g/mol. The average Bonchev–Trinajstić information content (AvgIpc) is 3.09. The van der Waals surface area contributed by atoms with Crippen molar-refractivity contribution in [2.24, 2.45) is 7.05 Å². The van der Waals surface area contributed by atoms with E-state index in [0.717, 1.165) is 23.4 Å². The van der Waals surface area contributed by atoms with Crippen LogP contribution in [-0.4, -0.2) is 55.7 Å². The number of aromatic nitrogens is 4. The van der Waals surface area contributed by atoms with Crippen molar-refractivity contribution >= 4 is 52.6 Å². The molecule has 3 aromatic rings. The SMILES string of the molecule is CCn1c(CNC(=O)c2nc(Cl)c(N)nc2N)[n+](C)c2ccc(C)cc21.O=CNC(CCO)C(=O)O. The quantitative estimate of drug-likeness (QED) is 0.164. The van der Waals surface area contributed by atoms with Crippen molar-refractivity contribution in [2.45, 2.75) is 39.4 Å². The fourth-order valence-corrected chi connectivity index (χ4v) is 3.63. The molecule has 0 radical (unpaired) electrons. The highest BCUT2D eigenvalue weighted by Gasteiger charge is 2.23. The second-order valence-corrected chi connectivity index (χ2v) is 8.07. The first-order valence-electron chi connectivity index (χ1n) is 10.9. The number of aryl methyl sites for hydroxylation is 3. The van der Waals surface area contributed by atoms with Crippen LogP contribution in [0.2, 0.25) is 5.15 Å². The second-order valence-electron chi connectivity index (χ2n) is 7.72. The first-order valence-corrected chi connectivity index (χ1v) is 11.3. The third kappa shape index (κ3) is 6.58. The fraction of sp³-hybridized carbons (Fsp3) is 0.364. The number of benzene rings is 1. The Kier molecular flexibility index (Phi) is 9.93. The van der Waals surface area contributed by atoms with E-state index in [1.807, 2.05) is 12.4 Å². The molecule has 8 N–H and O–H groups in total. The van der Waals surface area contributed by atoms with Crippen LogP contribution in [0.1, 0.15) is 35.2 Å². The van der Waals surface area contributed by atoms with Gasteiger partial charge in [-0.2, -0.15) is 0 Å². The molecule has 36 heavy (non-hydrogen) atoms. The molecular weight excluding hydrogens is 492 g/mol. The summed E-state index contributed by atoms with van der Waals surface area (Å²) in [6.07, 6.45) is 0.336. The number of halogens is 1. The molecule has 2 aromatic heterocycles. The lowest BCUT2D eigenvalue weighted by Gasteiger charge is -2.07. The number of nitrogens with zero attached hydrogens (tertiary/aromatic N) is 4. The molecule has 14 heteroatoms. The van der Waals surface area contributed by atoms with Crippen LogP contribution >= 0.6 is 11.6 Å². The molecule has 2 heterocycles. The lowest BCUT2D eigenvalue weighted by molar-refractivity contribution is -0.654. The van der Waals surface area contributed by atoms with Crippen LogP contribution in [0.25, 0.3) is 11.0 Å².